The number of nitrogens with one attached hydrogen (secondary N) is 4. The first-order valence-electron chi connectivity index (χ1n) is 20.3. The highest BCUT2D eigenvalue weighted by atomic mass is 32.1. The fraction of sp³-hybridized carbons (Fsp3) is 0.391. The molecule has 0 unspecified atom stereocenters. The highest BCUT2D eigenvalue weighted by molar-refractivity contribution is 7.13. The average Bonchev–Trinajstić information content (AvgIpc) is 3.97. The van der Waals surface area contributed by atoms with Gasteiger partial charge in [-0.05, 0) is 45.2 Å². The first-order valence-corrected chi connectivity index (χ1v) is 21.2. The molecule has 1 aliphatic carbocycles. The molecule has 61 heavy (non-hydrogen) atoms. The number of carbonyl (C=O) groups excluding carboxylic acids is 5. The van der Waals surface area contributed by atoms with Crippen LogP contribution in [0.4, 0.5) is 4.79 Å². The number of hydrogen-bond acceptors (Lipinski definition) is 10. The molecule has 2 aliphatic rings. The van der Waals surface area contributed by atoms with Crippen molar-refractivity contribution in [3.8, 4) is 33.9 Å². The van der Waals surface area contributed by atoms with Crippen molar-refractivity contribution < 1.29 is 38.6 Å². The van der Waals surface area contributed by atoms with Crippen molar-refractivity contribution in [2.24, 2.45) is 5.41 Å². The summed E-state index contributed by atoms with van der Waals surface area (Å²) in [5.41, 5.74) is 7.88. The van der Waals surface area contributed by atoms with Crippen molar-refractivity contribution in [2.45, 2.75) is 77.3 Å². The van der Waals surface area contributed by atoms with Gasteiger partial charge in [0, 0.05) is 38.4 Å². The van der Waals surface area contributed by atoms with E-state index in [0.29, 0.717) is 12.1 Å². The van der Waals surface area contributed by atoms with Gasteiger partial charge in [-0.15, -0.1) is 17.8 Å². The molecular formula is C46H52N6O8S. The van der Waals surface area contributed by atoms with Gasteiger partial charge >= 0.3 is 6.09 Å². The summed E-state index contributed by atoms with van der Waals surface area (Å²) >= 11 is 1.44. The van der Waals surface area contributed by atoms with Crippen LogP contribution in [0.2, 0.25) is 0 Å². The van der Waals surface area contributed by atoms with Crippen molar-refractivity contribution >= 4 is 41.1 Å². The van der Waals surface area contributed by atoms with Crippen LogP contribution in [0.15, 0.2) is 78.3 Å². The third-order valence-corrected chi connectivity index (χ3v) is 11.6. The van der Waals surface area contributed by atoms with Gasteiger partial charge in [0.15, 0.2) is 0 Å². The number of terminal acetylenes is 1. The zero-order valence-electron chi connectivity index (χ0n) is 34.6. The van der Waals surface area contributed by atoms with Crippen LogP contribution in [0.3, 0.4) is 0 Å². The molecule has 5 N–H and O–H groups in total. The largest absolute Gasteiger partial charge is 0.449 e. The number of benzene rings is 3. The average molecular weight is 849 g/mol. The van der Waals surface area contributed by atoms with Gasteiger partial charge in [-0.2, -0.15) is 0 Å². The highest BCUT2D eigenvalue weighted by Gasteiger charge is 2.44. The van der Waals surface area contributed by atoms with Crippen molar-refractivity contribution in [2.75, 3.05) is 32.8 Å². The lowest BCUT2D eigenvalue weighted by atomic mass is 9.85. The minimum absolute atomic E-state index is 0.0410. The smallest absolute Gasteiger partial charge is 0.407 e. The summed E-state index contributed by atoms with van der Waals surface area (Å²) in [6, 6.07) is 21.8. The molecule has 2 heterocycles. The van der Waals surface area contributed by atoms with Gasteiger partial charge in [-0.25, -0.2) is 9.78 Å². The number of ether oxygens (including phenoxy) is 2. The Morgan fingerprint density at radius 3 is 2.31 bits per heavy atom. The van der Waals surface area contributed by atoms with Crippen LogP contribution in [0, 0.1) is 17.8 Å². The number of amides is 5. The Labute approximate surface area is 359 Å². The molecule has 1 saturated heterocycles. The summed E-state index contributed by atoms with van der Waals surface area (Å²) in [5.74, 6) is 0.699. The molecule has 320 valence electrons. The van der Waals surface area contributed by atoms with E-state index in [4.69, 9.17) is 15.9 Å². The highest BCUT2D eigenvalue weighted by Crippen LogP contribution is 2.44. The Bertz CT molecular complexity index is 2200. The van der Waals surface area contributed by atoms with Gasteiger partial charge in [0.05, 0.1) is 35.3 Å². The van der Waals surface area contributed by atoms with Gasteiger partial charge in [-0.1, -0.05) is 99.5 Å². The number of fused-ring (bicyclic) bond motifs is 3. The maximum absolute atomic E-state index is 14.0. The van der Waals surface area contributed by atoms with E-state index >= 15 is 0 Å². The molecule has 14 nitrogen and oxygen atoms in total. The topological polar surface area (TPSA) is 188 Å². The minimum atomic E-state index is -0.976. The van der Waals surface area contributed by atoms with Gasteiger partial charge in [0.2, 0.25) is 23.6 Å². The van der Waals surface area contributed by atoms with E-state index in [-0.39, 0.29) is 76.6 Å². The van der Waals surface area contributed by atoms with Crippen LogP contribution < -0.4 is 21.3 Å². The molecule has 3 aromatic carbocycles. The molecule has 1 fully saturated rings. The fourth-order valence-electron chi connectivity index (χ4n) is 7.57. The van der Waals surface area contributed by atoms with E-state index in [1.165, 1.54) is 16.2 Å². The molecule has 6 rings (SSSR count). The quantitative estimate of drug-likeness (QED) is 0.0753. The maximum atomic E-state index is 14.0. The number of aliphatic hydroxyl groups is 1. The Morgan fingerprint density at radius 1 is 0.951 bits per heavy atom. The van der Waals surface area contributed by atoms with Gasteiger partial charge in [0.25, 0.3) is 0 Å². The lowest BCUT2D eigenvalue weighted by Crippen LogP contribution is -2.57. The number of rotatable bonds is 17. The second kappa shape index (κ2) is 20.5. The summed E-state index contributed by atoms with van der Waals surface area (Å²) in [5, 5.41) is 21.6. The first kappa shape index (κ1) is 44.5. The number of alkyl carbamates (subject to hydrolysis) is 1. The fourth-order valence-corrected chi connectivity index (χ4v) is 8.38. The minimum Gasteiger partial charge on any atom is -0.449 e. The second-order valence-electron chi connectivity index (χ2n) is 16.1. The summed E-state index contributed by atoms with van der Waals surface area (Å²) < 4.78 is 11.1. The van der Waals surface area contributed by atoms with E-state index < -0.39 is 41.5 Å². The molecule has 5 amide bonds. The van der Waals surface area contributed by atoms with Gasteiger partial charge in [0.1, 0.15) is 25.3 Å². The lowest BCUT2D eigenvalue weighted by Gasteiger charge is -2.35. The second-order valence-corrected chi connectivity index (χ2v) is 17.0. The molecule has 4 aromatic rings. The summed E-state index contributed by atoms with van der Waals surface area (Å²) in [6.45, 7) is 6.11. The zero-order valence-corrected chi connectivity index (χ0v) is 35.4. The Hall–Kier alpha value is -6.08. The number of aliphatic hydroxyl groups excluding tert-OH is 1. The first-order chi connectivity index (χ1) is 29.3. The maximum Gasteiger partial charge on any atom is 0.407 e. The molecular weight excluding hydrogens is 797 g/mol. The number of likely N-dealkylation sites (tertiary alicyclic amines) is 1. The molecule has 0 spiro atoms. The van der Waals surface area contributed by atoms with Gasteiger partial charge < -0.3 is 40.7 Å². The van der Waals surface area contributed by atoms with E-state index in [9.17, 15) is 29.1 Å². The molecule has 1 aliphatic heterocycles. The molecule has 3 atom stereocenters. The predicted molar refractivity (Wildman–Crippen MR) is 231 cm³/mol. The Morgan fingerprint density at radius 2 is 1.64 bits per heavy atom. The molecule has 0 saturated carbocycles. The van der Waals surface area contributed by atoms with Crippen molar-refractivity contribution in [1.82, 2.24) is 31.2 Å². The predicted octanol–water partition coefficient (Wildman–Crippen LogP) is 4.50. The van der Waals surface area contributed by atoms with E-state index in [1.54, 1.807) is 5.51 Å². The summed E-state index contributed by atoms with van der Waals surface area (Å²) in [6.07, 6.45) is 4.09. The van der Waals surface area contributed by atoms with Crippen molar-refractivity contribution in [3.63, 3.8) is 0 Å². The molecule has 1 aromatic heterocycles. The van der Waals surface area contributed by atoms with Crippen LogP contribution >= 0.6 is 11.3 Å². The van der Waals surface area contributed by atoms with Crippen LogP contribution in [0.5, 0.6) is 0 Å². The van der Waals surface area contributed by atoms with E-state index in [2.05, 4.69) is 56.4 Å². The number of aromatic nitrogens is 1. The number of thiazole rings is 1. The molecule has 0 radical (unpaired) electrons. The third kappa shape index (κ3) is 11.4. The van der Waals surface area contributed by atoms with Crippen molar-refractivity contribution in [3.05, 3.63) is 101 Å². The number of hydrogen-bond donors (Lipinski definition) is 5. The standard InChI is InChI=1S/C46H52N6O8S/c1-5-20-47-40(55)27-59-26-37-41(61-28-50-37)30-18-16-29(17-19-30)23-49-43(56)38-22-31(53)24-52(38)44(57)42(46(2,3)4)51-39(54)15-10-21-48-45(58)60-25-36-34-13-8-6-11-32(34)33-12-7-9-14-35(33)36/h1,6-9,11-14,16-19,28,31,36,38,42,53H,10,15,20-27H2,2-4H3,(H,47,55)(H,48,58)(H,49,56)(H,51,54)/t31-,38+,42-/m1/s1. The third-order valence-electron chi connectivity index (χ3n) is 10.7. The van der Waals surface area contributed by atoms with Crippen LogP contribution in [-0.4, -0.2) is 95.7 Å². The normalized spacial score (nSPS) is 16.1. The monoisotopic (exact) mass is 848 g/mol. The Kier molecular flexibility index (Phi) is 14.9. The molecule has 15 heteroatoms. The lowest BCUT2D eigenvalue weighted by molar-refractivity contribution is -0.144. The number of β-amino-alcohol motifs (C(OH)–C–C–N with tert-alkyl or cyclic N) is 1. The zero-order chi connectivity index (χ0) is 43.5. The van der Waals surface area contributed by atoms with Crippen molar-refractivity contribution in [1.29, 1.82) is 0 Å². The van der Waals surface area contributed by atoms with Crippen LogP contribution in [-0.2, 0) is 41.8 Å². The Balaban J connectivity index is 0.955. The summed E-state index contributed by atoms with van der Waals surface area (Å²) in [4.78, 5) is 71.8. The molecule has 0 bridgehead atoms. The van der Waals surface area contributed by atoms with Crippen LogP contribution in [0.25, 0.3) is 21.6 Å². The van der Waals surface area contributed by atoms with E-state index in [1.807, 2.05) is 69.3 Å². The number of nitrogens with zero attached hydrogens (tertiary/aromatic N) is 2. The SMILES string of the molecule is C#CCNC(=O)COCc1ncsc1-c1ccc(CNC(=O)[C@@H]2C[C@@H](O)CN2C(=O)[C@@H](NC(=O)CCCNC(=O)OCC2c3ccccc3-c3ccccc32)C(C)(C)C)cc1. The number of carbonyl (C=O) groups is 5. The van der Waals surface area contributed by atoms with E-state index in [0.717, 1.165) is 38.3 Å². The van der Waals surface area contributed by atoms with Gasteiger partial charge in [-0.3, -0.25) is 19.2 Å². The summed E-state index contributed by atoms with van der Waals surface area (Å²) in [7, 11) is 0. The van der Waals surface area contributed by atoms with Crippen LogP contribution in [0.1, 0.15) is 68.3 Å².